The van der Waals surface area contributed by atoms with Crippen LogP contribution in [0, 0.1) is 11.3 Å². The average molecular weight is 850 g/mol. The van der Waals surface area contributed by atoms with Crippen LogP contribution in [0.2, 0.25) is 0 Å². The number of hydrogen-bond acceptors (Lipinski definition) is 9. The summed E-state index contributed by atoms with van der Waals surface area (Å²) >= 11 is 1.14. The van der Waals surface area contributed by atoms with Gasteiger partial charge in [0.25, 0.3) is 5.91 Å². The van der Waals surface area contributed by atoms with E-state index in [2.05, 4.69) is 20.7 Å². The predicted octanol–water partition coefficient (Wildman–Crippen LogP) is 5.16. The molecule has 6 amide bonds. The van der Waals surface area contributed by atoms with Crippen molar-refractivity contribution in [1.82, 2.24) is 30.5 Å². The lowest BCUT2D eigenvalue weighted by atomic mass is 9.76. The van der Waals surface area contributed by atoms with E-state index < -0.39 is 52.1 Å². The van der Waals surface area contributed by atoms with Gasteiger partial charge in [0.1, 0.15) is 17.7 Å². The Hall–Kier alpha value is -4.89. The van der Waals surface area contributed by atoms with Gasteiger partial charge in [-0.2, -0.15) is 0 Å². The molecule has 330 valence electrons. The van der Waals surface area contributed by atoms with E-state index in [1.807, 2.05) is 103 Å². The van der Waals surface area contributed by atoms with Gasteiger partial charge in [-0.25, -0.2) is 4.79 Å². The molecule has 6 N–H and O–H groups in total. The van der Waals surface area contributed by atoms with E-state index >= 15 is 0 Å². The van der Waals surface area contributed by atoms with Gasteiger partial charge in [-0.3, -0.25) is 33.6 Å². The number of hydrogen-bond donors (Lipinski definition) is 5. The van der Waals surface area contributed by atoms with Gasteiger partial charge in [0.2, 0.25) is 23.6 Å². The molecule has 3 unspecified atom stereocenters. The molecular formula is C45H67N7O7S. The van der Waals surface area contributed by atoms with Crippen molar-refractivity contribution in [2.75, 3.05) is 27.2 Å². The highest BCUT2D eigenvalue weighted by molar-refractivity contribution is 7.98. The predicted molar refractivity (Wildman–Crippen MR) is 235 cm³/mol. The van der Waals surface area contributed by atoms with Crippen molar-refractivity contribution in [3.63, 3.8) is 0 Å². The molecule has 1 aliphatic rings. The van der Waals surface area contributed by atoms with E-state index in [0.29, 0.717) is 5.57 Å². The second-order valence-corrected chi connectivity index (χ2v) is 19.6. The maximum Gasteiger partial charge on any atom is 0.410 e. The fraction of sp³-hybridized carbons (Fsp3) is 0.556. The number of nitrogens with zero attached hydrogens (tertiary/aromatic N) is 2. The van der Waals surface area contributed by atoms with Crippen LogP contribution in [0.25, 0.3) is 0 Å². The SMILES string of the molecule is C/C(=C\CN(C)C(=O)C(NC(=O)C(N(C)C(=O)OC(C)(C)C)C(C)(C)c1ccccc1)C(C)(C)C)C(=O)NSc1ccc(C2(NC(=O)CNC(=O)C(N)C(C)C)CC2)cc1. The average Bonchev–Trinajstić information content (AvgIpc) is 3.95. The monoisotopic (exact) mass is 849 g/mol. The molecule has 2 aromatic carbocycles. The second-order valence-electron chi connectivity index (χ2n) is 18.7. The molecule has 0 saturated heterocycles. The molecule has 0 bridgehead atoms. The largest absolute Gasteiger partial charge is 0.444 e. The Morgan fingerprint density at radius 2 is 1.47 bits per heavy atom. The Morgan fingerprint density at radius 1 is 0.883 bits per heavy atom. The maximum absolute atomic E-state index is 14.4. The van der Waals surface area contributed by atoms with Crippen LogP contribution in [0.4, 0.5) is 4.79 Å². The van der Waals surface area contributed by atoms with E-state index in [-0.39, 0.29) is 42.6 Å². The van der Waals surface area contributed by atoms with Crippen LogP contribution in [-0.4, -0.2) is 96.3 Å². The van der Waals surface area contributed by atoms with Crippen molar-refractivity contribution in [1.29, 1.82) is 0 Å². The summed E-state index contributed by atoms with van der Waals surface area (Å²) in [6.07, 6.45) is 2.51. The maximum atomic E-state index is 14.4. The topological polar surface area (TPSA) is 192 Å². The highest BCUT2D eigenvalue weighted by Gasteiger charge is 2.46. The minimum absolute atomic E-state index is 0.0443. The van der Waals surface area contributed by atoms with Gasteiger partial charge >= 0.3 is 6.09 Å². The minimum atomic E-state index is -1.05. The molecule has 1 fully saturated rings. The number of nitrogens with one attached hydrogen (secondary N) is 4. The van der Waals surface area contributed by atoms with E-state index in [9.17, 15) is 28.8 Å². The lowest BCUT2D eigenvalue weighted by molar-refractivity contribution is -0.140. The Balaban J connectivity index is 1.64. The second kappa shape index (κ2) is 20.1. The fourth-order valence-corrected chi connectivity index (χ4v) is 7.18. The van der Waals surface area contributed by atoms with Gasteiger partial charge in [0.15, 0.2) is 0 Å². The number of nitrogens with two attached hydrogens (primary N) is 1. The zero-order valence-corrected chi connectivity index (χ0v) is 38.5. The molecule has 0 aliphatic heterocycles. The van der Waals surface area contributed by atoms with Crippen molar-refractivity contribution in [3.05, 3.63) is 77.4 Å². The van der Waals surface area contributed by atoms with Gasteiger partial charge in [0.05, 0.1) is 18.1 Å². The number of benzene rings is 2. The number of carbonyl (C=O) groups is 6. The highest BCUT2D eigenvalue weighted by Crippen LogP contribution is 2.45. The van der Waals surface area contributed by atoms with Crippen LogP contribution in [0.15, 0.2) is 71.1 Å². The van der Waals surface area contributed by atoms with Crippen LogP contribution in [0.3, 0.4) is 0 Å². The molecule has 0 aromatic heterocycles. The molecule has 60 heavy (non-hydrogen) atoms. The van der Waals surface area contributed by atoms with E-state index in [0.717, 1.165) is 40.8 Å². The van der Waals surface area contributed by atoms with Gasteiger partial charge < -0.3 is 31.3 Å². The van der Waals surface area contributed by atoms with Crippen molar-refractivity contribution >= 4 is 47.6 Å². The third kappa shape index (κ3) is 13.6. The van der Waals surface area contributed by atoms with E-state index in [4.69, 9.17) is 10.5 Å². The summed E-state index contributed by atoms with van der Waals surface area (Å²) in [6, 6.07) is 14.2. The van der Waals surface area contributed by atoms with E-state index in [1.165, 1.54) is 16.8 Å². The minimum Gasteiger partial charge on any atom is -0.444 e. The molecule has 2 aromatic rings. The van der Waals surface area contributed by atoms with Crippen molar-refractivity contribution in [3.8, 4) is 0 Å². The Morgan fingerprint density at radius 3 is 1.98 bits per heavy atom. The van der Waals surface area contributed by atoms with Gasteiger partial charge in [-0.15, -0.1) is 0 Å². The molecule has 1 aliphatic carbocycles. The molecule has 15 heteroatoms. The zero-order chi connectivity index (χ0) is 45.4. The molecule has 3 atom stereocenters. The molecule has 14 nitrogen and oxygen atoms in total. The number of carbonyl (C=O) groups excluding carboxylic acids is 6. The number of likely N-dealkylation sites (N-methyl/N-ethyl adjacent to an activating group) is 2. The van der Waals surface area contributed by atoms with Gasteiger partial charge in [-0.1, -0.05) is 97.0 Å². The number of rotatable bonds is 17. The lowest BCUT2D eigenvalue weighted by Crippen LogP contribution is -2.62. The molecule has 0 spiro atoms. The molecule has 3 rings (SSSR count). The molecule has 0 heterocycles. The van der Waals surface area contributed by atoms with Crippen molar-refractivity contribution < 1.29 is 33.5 Å². The lowest BCUT2D eigenvalue weighted by Gasteiger charge is -2.42. The van der Waals surface area contributed by atoms with Crippen molar-refractivity contribution in [2.24, 2.45) is 17.1 Å². The van der Waals surface area contributed by atoms with Gasteiger partial charge in [0, 0.05) is 36.5 Å². The summed E-state index contributed by atoms with van der Waals surface area (Å²) < 4.78 is 8.49. The normalized spacial score (nSPS) is 15.5. The van der Waals surface area contributed by atoms with Gasteiger partial charge in [-0.05, 0) is 87.1 Å². The zero-order valence-electron chi connectivity index (χ0n) is 37.6. The fourth-order valence-electron chi connectivity index (χ4n) is 6.54. The first-order valence-corrected chi connectivity index (χ1v) is 21.2. The van der Waals surface area contributed by atoms with Crippen molar-refractivity contribution in [2.45, 2.75) is 129 Å². The van der Waals surface area contributed by atoms with Crippen LogP contribution in [0.5, 0.6) is 0 Å². The third-order valence-corrected chi connectivity index (χ3v) is 11.4. The Labute approximate surface area is 360 Å². The summed E-state index contributed by atoms with van der Waals surface area (Å²) in [7, 11) is 3.13. The number of amides is 6. The van der Waals surface area contributed by atoms with Crippen LogP contribution in [-0.2, 0) is 39.7 Å². The summed E-state index contributed by atoms with van der Waals surface area (Å²) in [5, 5.41) is 8.61. The summed E-state index contributed by atoms with van der Waals surface area (Å²) in [6.45, 7) is 19.9. The summed E-state index contributed by atoms with van der Waals surface area (Å²) in [5.74, 6) is -1.93. The number of ether oxygens (including phenoxy) is 1. The van der Waals surface area contributed by atoms with Crippen LogP contribution in [0.1, 0.15) is 100 Å². The van der Waals surface area contributed by atoms with Crippen LogP contribution >= 0.6 is 11.9 Å². The first kappa shape index (κ1) is 49.5. The first-order valence-electron chi connectivity index (χ1n) is 20.4. The van der Waals surface area contributed by atoms with E-state index in [1.54, 1.807) is 40.8 Å². The molecule has 1 saturated carbocycles. The molecular weight excluding hydrogens is 783 g/mol. The summed E-state index contributed by atoms with van der Waals surface area (Å²) in [5.41, 5.74) is 5.11. The third-order valence-electron chi connectivity index (χ3n) is 10.6. The Bertz CT molecular complexity index is 1880. The Kier molecular flexibility index (Phi) is 16.6. The van der Waals surface area contributed by atoms with Crippen LogP contribution < -0.4 is 26.4 Å². The standard InChI is InChI=1S/C45H67N7O7S/c1-28(2)34(46)38(55)47-27-33(53)49-45(24-25-45)31-19-21-32(22-20-31)60-50-37(54)29(3)23-26-51(12)40(57)35(42(4,5)6)48-39(56)36(52(13)41(58)59-43(7,8)9)44(10,11)30-17-15-14-16-18-30/h14-23,28,34-36H,24-27,46H2,1-13H3,(H,47,55)(H,48,56)(H,49,53)(H,50,54)/b29-23+. The summed E-state index contributed by atoms with van der Waals surface area (Å²) in [4.78, 5) is 83.2. The molecule has 0 radical (unpaired) electrons. The quantitative estimate of drug-likeness (QED) is 0.106. The highest BCUT2D eigenvalue weighted by atomic mass is 32.2. The first-order chi connectivity index (χ1) is 27.7. The smallest absolute Gasteiger partial charge is 0.410 e.